The Morgan fingerprint density at radius 1 is 1.42 bits per heavy atom. The smallest absolute Gasteiger partial charge is 0.337 e. The number of aromatic carboxylic acids is 1. The highest BCUT2D eigenvalue weighted by Gasteiger charge is 2.19. The van der Waals surface area contributed by atoms with Crippen LogP contribution in [-0.2, 0) is 0 Å². The zero-order valence-corrected chi connectivity index (χ0v) is 12.4. The SMILES string of the molecule is CCC(CC)CN(CC)c1nccc(C(=O)O)c1Cl. The van der Waals surface area contributed by atoms with Crippen LogP contribution in [-0.4, -0.2) is 29.1 Å². The van der Waals surface area contributed by atoms with E-state index in [0.717, 1.165) is 25.9 Å². The van der Waals surface area contributed by atoms with Crippen molar-refractivity contribution in [1.29, 1.82) is 0 Å². The van der Waals surface area contributed by atoms with Crippen LogP contribution in [0.4, 0.5) is 5.82 Å². The number of carboxylic acid groups (broad SMARTS) is 1. The predicted octanol–water partition coefficient (Wildman–Crippen LogP) is 3.70. The minimum atomic E-state index is -1.02. The third kappa shape index (κ3) is 3.83. The Morgan fingerprint density at radius 2 is 2.05 bits per heavy atom. The van der Waals surface area contributed by atoms with Crippen molar-refractivity contribution in [2.45, 2.75) is 33.6 Å². The molecule has 0 fully saturated rings. The number of hydrogen-bond donors (Lipinski definition) is 1. The number of hydrogen-bond acceptors (Lipinski definition) is 3. The summed E-state index contributed by atoms with van der Waals surface area (Å²) >= 11 is 6.16. The van der Waals surface area contributed by atoms with Gasteiger partial charge in [0.1, 0.15) is 5.82 Å². The zero-order valence-electron chi connectivity index (χ0n) is 11.7. The molecule has 0 aliphatic rings. The number of aromatic nitrogens is 1. The number of anilines is 1. The van der Waals surface area contributed by atoms with Gasteiger partial charge in [-0.3, -0.25) is 0 Å². The number of halogens is 1. The van der Waals surface area contributed by atoms with E-state index in [1.807, 2.05) is 11.8 Å². The number of carbonyl (C=O) groups is 1. The molecule has 5 heteroatoms. The van der Waals surface area contributed by atoms with Crippen molar-refractivity contribution in [2.24, 2.45) is 5.92 Å². The number of nitrogens with zero attached hydrogens (tertiary/aromatic N) is 2. The second-order valence-corrected chi connectivity index (χ2v) is 4.90. The van der Waals surface area contributed by atoms with Crippen molar-refractivity contribution in [3.05, 3.63) is 22.8 Å². The minimum absolute atomic E-state index is 0.106. The van der Waals surface area contributed by atoms with Crippen LogP contribution >= 0.6 is 11.6 Å². The van der Waals surface area contributed by atoms with Gasteiger partial charge in [0.2, 0.25) is 0 Å². The van der Waals surface area contributed by atoms with Gasteiger partial charge in [-0.25, -0.2) is 9.78 Å². The first kappa shape index (κ1) is 15.8. The van der Waals surface area contributed by atoms with Gasteiger partial charge in [0.05, 0.1) is 10.6 Å². The molecule has 0 spiro atoms. The topological polar surface area (TPSA) is 53.4 Å². The van der Waals surface area contributed by atoms with Gasteiger partial charge in [-0.05, 0) is 18.9 Å². The number of rotatable bonds is 7. The summed E-state index contributed by atoms with van der Waals surface area (Å²) in [6.07, 6.45) is 3.67. The highest BCUT2D eigenvalue weighted by molar-refractivity contribution is 6.35. The van der Waals surface area contributed by atoms with Crippen molar-refractivity contribution < 1.29 is 9.90 Å². The fourth-order valence-corrected chi connectivity index (χ4v) is 2.35. The van der Waals surface area contributed by atoms with Crippen LogP contribution in [0.25, 0.3) is 0 Å². The van der Waals surface area contributed by atoms with Crippen LogP contribution < -0.4 is 4.90 Å². The quantitative estimate of drug-likeness (QED) is 0.829. The normalized spacial score (nSPS) is 10.8. The Morgan fingerprint density at radius 3 is 2.53 bits per heavy atom. The van der Waals surface area contributed by atoms with Gasteiger partial charge >= 0.3 is 5.97 Å². The van der Waals surface area contributed by atoms with E-state index >= 15 is 0 Å². The molecule has 0 atom stereocenters. The number of carboxylic acids is 1. The van der Waals surface area contributed by atoms with E-state index in [1.54, 1.807) is 0 Å². The number of pyridine rings is 1. The van der Waals surface area contributed by atoms with Gasteiger partial charge in [-0.15, -0.1) is 0 Å². The van der Waals surface area contributed by atoms with E-state index in [0.29, 0.717) is 11.7 Å². The molecule has 106 valence electrons. The third-order valence-electron chi connectivity index (χ3n) is 3.42. The molecule has 0 aliphatic heterocycles. The molecule has 0 amide bonds. The van der Waals surface area contributed by atoms with E-state index in [-0.39, 0.29) is 10.6 Å². The molecule has 1 rings (SSSR count). The van der Waals surface area contributed by atoms with Crippen molar-refractivity contribution in [2.75, 3.05) is 18.0 Å². The molecule has 1 N–H and O–H groups in total. The van der Waals surface area contributed by atoms with Gasteiger partial charge in [0.25, 0.3) is 0 Å². The maximum Gasteiger partial charge on any atom is 0.337 e. The van der Waals surface area contributed by atoms with Gasteiger partial charge in [-0.1, -0.05) is 38.3 Å². The molecule has 0 saturated carbocycles. The summed E-state index contributed by atoms with van der Waals surface area (Å²) in [5.41, 5.74) is 0.106. The maximum absolute atomic E-state index is 11.1. The monoisotopic (exact) mass is 284 g/mol. The molecule has 0 unspecified atom stereocenters. The predicted molar refractivity (Wildman–Crippen MR) is 78.2 cm³/mol. The highest BCUT2D eigenvalue weighted by atomic mass is 35.5. The zero-order chi connectivity index (χ0) is 14.4. The van der Waals surface area contributed by atoms with E-state index in [4.69, 9.17) is 16.7 Å². The van der Waals surface area contributed by atoms with Crippen LogP contribution in [0.15, 0.2) is 12.3 Å². The van der Waals surface area contributed by atoms with Crippen molar-refractivity contribution in [1.82, 2.24) is 4.98 Å². The lowest BCUT2D eigenvalue weighted by Gasteiger charge is -2.27. The first-order valence-electron chi connectivity index (χ1n) is 6.67. The van der Waals surface area contributed by atoms with Crippen LogP contribution in [0.5, 0.6) is 0 Å². The van der Waals surface area contributed by atoms with Crippen molar-refractivity contribution >= 4 is 23.4 Å². The molecule has 0 bridgehead atoms. The van der Waals surface area contributed by atoms with Gasteiger partial charge in [-0.2, -0.15) is 0 Å². The molecule has 1 heterocycles. The lowest BCUT2D eigenvalue weighted by molar-refractivity contribution is 0.0697. The van der Waals surface area contributed by atoms with Gasteiger partial charge in [0, 0.05) is 19.3 Å². The van der Waals surface area contributed by atoms with E-state index in [1.165, 1.54) is 12.3 Å². The average Bonchev–Trinajstić information content (AvgIpc) is 2.41. The lowest BCUT2D eigenvalue weighted by atomic mass is 10.0. The molecule has 0 aliphatic carbocycles. The van der Waals surface area contributed by atoms with E-state index < -0.39 is 5.97 Å². The second kappa shape index (κ2) is 7.34. The molecule has 1 aromatic heterocycles. The summed E-state index contributed by atoms with van der Waals surface area (Å²) < 4.78 is 0. The summed E-state index contributed by atoms with van der Waals surface area (Å²) in [6, 6.07) is 1.43. The fourth-order valence-electron chi connectivity index (χ4n) is 2.04. The molecule has 1 aromatic rings. The van der Waals surface area contributed by atoms with E-state index in [9.17, 15) is 4.79 Å². The Hall–Kier alpha value is -1.29. The van der Waals surface area contributed by atoms with Crippen LogP contribution in [0.3, 0.4) is 0 Å². The molecular weight excluding hydrogens is 264 g/mol. The molecule has 0 radical (unpaired) electrons. The molecule has 0 saturated heterocycles. The Balaban J connectivity index is 3.05. The first-order valence-corrected chi connectivity index (χ1v) is 7.05. The summed E-state index contributed by atoms with van der Waals surface area (Å²) in [4.78, 5) is 17.4. The average molecular weight is 285 g/mol. The highest BCUT2D eigenvalue weighted by Crippen LogP contribution is 2.28. The van der Waals surface area contributed by atoms with Gasteiger partial charge < -0.3 is 10.0 Å². The molecular formula is C14H21ClN2O2. The summed E-state index contributed by atoms with van der Waals surface area (Å²) in [5, 5.41) is 9.31. The van der Waals surface area contributed by atoms with Crippen LogP contribution in [0.2, 0.25) is 5.02 Å². The molecule has 0 aromatic carbocycles. The van der Waals surface area contributed by atoms with Gasteiger partial charge in [0.15, 0.2) is 0 Å². The van der Waals surface area contributed by atoms with Crippen molar-refractivity contribution in [3.8, 4) is 0 Å². The molecule has 4 nitrogen and oxygen atoms in total. The maximum atomic E-state index is 11.1. The summed E-state index contributed by atoms with van der Waals surface area (Å²) in [5.74, 6) is 0.106. The largest absolute Gasteiger partial charge is 0.478 e. The van der Waals surface area contributed by atoms with Crippen molar-refractivity contribution in [3.63, 3.8) is 0 Å². The van der Waals surface area contributed by atoms with E-state index in [2.05, 4.69) is 18.8 Å². The first-order chi connectivity index (χ1) is 9.04. The second-order valence-electron chi connectivity index (χ2n) is 4.52. The minimum Gasteiger partial charge on any atom is -0.478 e. The van der Waals surface area contributed by atoms with Crippen LogP contribution in [0, 0.1) is 5.92 Å². The Bertz CT molecular complexity index is 433. The Kier molecular flexibility index (Phi) is 6.09. The molecule has 19 heavy (non-hydrogen) atoms. The fraction of sp³-hybridized carbons (Fsp3) is 0.571. The van der Waals surface area contributed by atoms with Crippen LogP contribution in [0.1, 0.15) is 44.0 Å². The summed E-state index contributed by atoms with van der Waals surface area (Å²) in [7, 11) is 0. The lowest BCUT2D eigenvalue weighted by Crippen LogP contribution is -2.30. The summed E-state index contributed by atoms with van der Waals surface area (Å²) in [6.45, 7) is 7.94. The standard InChI is InChI=1S/C14H21ClN2O2/c1-4-10(5-2)9-17(6-3)13-12(15)11(14(18)19)7-8-16-13/h7-8,10H,4-6,9H2,1-3H3,(H,18,19). The third-order valence-corrected chi connectivity index (χ3v) is 3.79. The Labute approximate surface area is 119 Å².